The zero-order chi connectivity index (χ0) is 27.7. The van der Waals surface area contributed by atoms with Crippen LogP contribution in [-0.2, 0) is 17.6 Å². The molecule has 0 aromatic heterocycles. The lowest BCUT2D eigenvalue weighted by Crippen LogP contribution is -2.54. The van der Waals surface area contributed by atoms with Crippen LogP contribution in [0.5, 0.6) is 17.2 Å². The number of piperazine rings is 2. The molecule has 2 aliphatic rings. The molecule has 2 aliphatic heterocycles. The van der Waals surface area contributed by atoms with Gasteiger partial charge in [0.2, 0.25) is 5.91 Å². The number of hydrogen-bond donors (Lipinski definition) is 1. The summed E-state index contributed by atoms with van der Waals surface area (Å²) in [5.74, 6) is 2.26. The van der Waals surface area contributed by atoms with Crippen LogP contribution < -0.4 is 14.8 Å². The maximum Gasteiger partial charge on any atom is 0.415 e. The van der Waals surface area contributed by atoms with Gasteiger partial charge in [0, 0.05) is 58.3 Å². The van der Waals surface area contributed by atoms with E-state index in [9.17, 15) is 9.59 Å². The van der Waals surface area contributed by atoms with Crippen molar-refractivity contribution in [3.05, 3.63) is 90.0 Å². The molecule has 2 saturated heterocycles. The zero-order valence-corrected chi connectivity index (χ0v) is 23.1. The Morgan fingerprint density at radius 2 is 1.57 bits per heavy atom. The van der Waals surface area contributed by atoms with Gasteiger partial charge in [0.15, 0.2) is 0 Å². The maximum atomic E-state index is 13.4. The number of hydrogen-bond acceptors (Lipinski definition) is 6. The Balaban J connectivity index is 1.15. The molecule has 0 saturated carbocycles. The van der Waals surface area contributed by atoms with E-state index in [0.29, 0.717) is 38.2 Å². The quantitative estimate of drug-likeness (QED) is 0.460. The van der Waals surface area contributed by atoms with Gasteiger partial charge in [0.25, 0.3) is 0 Å². The summed E-state index contributed by atoms with van der Waals surface area (Å²) in [6.07, 6.45) is 1.47. The second-order valence-corrected chi connectivity index (χ2v) is 10.5. The van der Waals surface area contributed by atoms with Crippen molar-refractivity contribution in [1.82, 2.24) is 20.0 Å². The van der Waals surface area contributed by atoms with E-state index in [4.69, 9.17) is 9.47 Å². The predicted octanol–water partition coefficient (Wildman–Crippen LogP) is 4.20. The monoisotopic (exact) mass is 542 g/mol. The van der Waals surface area contributed by atoms with Gasteiger partial charge in [-0.2, -0.15) is 0 Å². The van der Waals surface area contributed by atoms with Crippen LogP contribution in [0.25, 0.3) is 0 Å². The number of nitrogens with one attached hydrogen (secondary N) is 1. The standard InChI is InChI=1S/C32H38N4O4/c1-34-19-21-35(22-20-34)32(38)40-29-14-11-25(12-15-29)23-27-24-33-17-18-36(27)31(37)16-13-26-7-5-6-10-30(26)39-28-8-3-2-4-9-28/h2-12,14-15,27,33H,13,16-24H2,1H3/t27-/m1/s1. The minimum absolute atomic E-state index is 0.0656. The first-order chi connectivity index (χ1) is 19.5. The van der Waals surface area contributed by atoms with Gasteiger partial charge in [0.1, 0.15) is 17.2 Å². The number of ether oxygens (including phenoxy) is 2. The van der Waals surface area contributed by atoms with Gasteiger partial charge >= 0.3 is 6.09 Å². The SMILES string of the molecule is CN1CCN(C(=O)Oc2ccc(C[C@@H]3CNCCN3C(=O)CCc3ccccc3Oc3ccccc3)cc2)CC1. The molecule has 3 aromatic rings. The summed E-state index contributed by atoms with van der Waals surface area (Å²) in [4.78, 5) is 31.8. The summed E-state index contributed by atoms with van der Waals surface area (Å²) in [6, 6.07) is 25.3. The molecule has 0 aliphatic carbocycles. The van der Waals surface area contributed by atoms with Crippen molar-refractivity contribution in [2.45, 2.75) is 25.3 Å². The summed E-state index contributed by atoms with van der Waals surface area (Å²) < 4.78 is 11.7. The third kappa shape index (κ3) is 7.40. The molecule has 0 radical (unpaired) electrons. The molecule has 2 heterocycles. The number of carbonyl (C=O) groups excluding carboxylic acids is 2. The summed E-state index contributed by atoms with van der Waals surface area (Å²) >= 11 is 0. The van der Waals surface area contributed by atoms with Gasteiger partial charge in [-0.15, -0.1) is 0 Å². The molecule has 0 unspecified atom stereocenters. The first-order valence-corrected chi connectivity index (χ1v) is 14.1. The van der Waals surface area contributed by atoms with E-state index in [1.807, 2.05) is 83.8 Å². The Hall–Kier alpha value is -3.88. The topological polar surface area (TPSA) is 74.4 Å². The van der Waals surface area contributed by atoms with Crippen LogP contribution in [0.4, 0.5) is 4.79 Å². The average Bonchev–Trinajstić information content (AvgIpc) is 2.99. The van der Waals surface area contributed by atoms with E-state index < -0.39 is 0 Å². The number of likely N-dealkylation sites (N-methyl/N-ethyl adjacent to an activating group) is 1. The zero-order valence-electron chi connectivity index (χ0n) is 23.1. The van der Waals surface area contributed by atoms with Crippen LogP contribution in [0.2, 0.25) is 0 Å². The first kappa shape index (κ1) is 27.7. The van der Waals surface area contributed by atoms with Crippen LogP contribution in [0.3, 0.4) is 0 Å². The molecule has 0 bridgehead atoms. The first-order valence-electron chi connectivity index (χ1n) is 14.1. The largest absolute Gasteiger partial charge is 0.457 e. The Morgan fingerprint density at radius 3 is 2.35 bits per heavy atom. The molecule has 1 atom stereocenters. The highest BCUT2D eigenvalue weighted by molar-refractivity contribution is 5.77. The smallest absolute Gasteiger partial charge is 0.415 e. The molecule has 210 valence electrons. The van der Waals surface area contributed by atoms with Crippen molar-refractivity contribution in [3.63, 3.8) is 0 Å². The van der Waals surface area contributed by atoms with Crippen molar-refractivity contribution in [1.29, 1.82) is 0 Å². The Morgan fingerprint density at radius 1 is 0.850 bits per heavy atom. The number of rotatable bonds is 8. The highest BCUT2D eigenvalue weighted by Crippen LogP contribution is 2.26. The van der Waals surface area contributed by atoms with Gasteiger partial charge in [-0.3, -0.25) is 4.79 Å². The minimum Gasteiger partial charge on any atom is -0.457 e. The van der Waals surface area contributed by atoms with Crippen LogP contribution in [0.15, 0.2) is 78.9 Å². The van der Waals surface area contributed by atoms with Crippen molar-refractivity contribution in [3.8, 4) is 17.2 Å². The van der Waals surface area contributed by atoms with E-state index in [1.54, 1.807) is 4.90 Å². The normalized spacial score (nSPS) is 17.9. The van der Waals surface area contributed by atoms with E-state index in [1.165, 1.54) is 0 Å². The number of amides is 2. The summed E-state index contributed by atoms with van der Waals surface area (Å²) in [5.41, 5.74) is 2.13. The number of benzene rings is 3. The highest BCUT2D eigenvalue weighted by atomic mass is 16.6. The van der Waals surface area contributed by atoms with E-state index >= 15 is 0 Å². The fourth-order valence-corrected chi connectivity index (χ4v) is 5.20. The Labute approximate surface area is 236 Å². The van der Waals surface area contributed by atoms with E-state index in [-0.39, 0.29) is 18.0 Å². The minimum atomic E-state index is -0.301. The summed E-state index contributed by atoms with van der Waals surface area (Å²) in [5, 5.41) is 3.43. The number of carbonyl (C=O) groups is 2. The third-order valence-corrected chi connectivity index (χ3v) is 7.58. The van der Waals surface area contributed by atoms with Gasteiger partial charge in [0.05, 0.1) is 0 Å². The van der Waals surface area contributed by atoms with Crippen molar-refractivity contribution in [2.24, 2.45) is 0 Å². The van der Waals surface area contributed by atoms with Crippen LogP contribution in [0.1, 0.15) is 17.5 Å². The van der Waals surface area contributed by atoms with Crippen molar-refractivity contribution >= 4 is 12.0 Å². The van der Waals surface area contributed by atoms with Crippen molar-refractivity contribution < 1.29 is 19.1 Å². The third-order valence-electron chi connectivity index (χ3n) is 7.58. The highest BCUT2D eigenvalue weighted by Gasteiger charge is 2.27. The summed E-state index contributed by atoms with van der Waals surface area (Å²) in [7, 11) is 2.05. The molecule has 5 rings (SSSR count). The van der Waals surface area contributed by atoms with E-state index in [0.717, 1.165) is 55.2 Å². The molecular weight excluding hydrogens is 504 g/mol. The number of para-hydroxylation sites is 2. The Kier molecular flexibility index (Phi) is 9.31. The van der Waals surface area contributed by atoms with Gasteiger partial charge in [-0.05, 0) is 61.3 Å². The van der Waals surface area contributed by atoms with Gasteiger partial charge in [-0.1, -0.05) is 48.5 Å². The molecule has 40 heavy (non-hydrogen) atoms. The fraction of sp³-hybridized carbons (Fsp3) is 0.375. The lowest BCUT2D eigenvalue weighted by molar-refractivity contribution is -0.134. The lowest BCUT2D eigenvalue weighted by Gasteiger charge is -2.36. The van der Waals surface area contributed by atoms with Crippen LogP contribution >= 0.6 is 0 Å². The van der Waals surface area contributed by atoms with E-state index in [2.05, 4.69) is 17.3 Å². The summed E-state index contributed by atoms with van der Waals surface area (Å²) in [6.45, 7) is 5.29. The van der Waals surface area contributed by atoms with Crippen molar-refractivity contribution in [2.75, 3.05) is 52.9 Å². The van der Waals surface area contributed by atoms with Gasteiger partial charge < -0.3 is 29.5 Å². The molecule has 1 N–H and O–H groups in total. The second-order valence-electron chi connectivity index (χ2n) is 10.5. The molecule has 2 fully saturated rings. The predicted molar refractivity (Wildman–Crippen MR) is 155 cm³/mol. The second kappa shape index (κ2) is 13.5. The fourth-order valence-electron chi connectivity index (χ4n) is 5.20. The Bertz CT molecular complexity index is 1260. The number of nitrogens with zero attached hydrogens (tertiary/aromatic N) is 3. The molecule has 3 aromatic carbocycles. The number of aryl methyl sites for hydroxylation is 1. The molecule has 2 amide bonds. The molecule has 8 nitrogen and oxygen atoms in total. The van der Waals surface area contributed by atoms with Gasteiger partial charge in [-0.25, -0.2) is 4.79 Å². The maximum absolute atomic E-state index is 13.4. The van der Waals surface area contributed by atoms with Crippen LogP contribution in [-0.4, -0.2) is 85.6 Å². The molecule has 8 heteroatoms. The average molecular weight is 543 g/mol. The van der Waals surface area contributed by atoms with Crippen LogP contribution in [0, 0.1) is 0 Å². The molecular formula is C32H38N4O4. The molecule has 0 spiro atoms. The lowest BCUT2D eigenvalue weighted by atomic mass is 10.0.